The summed E-state index contributed by atoms with van der Waals surface area (Å²) in [4.78, 5) is 0. The average molecular weight is 221 g/mol. The normalized spacial score (nSPS) is 16.1. The van der Waals surface area contributed by atoms with E-state index in [1.165, 1.54) is 11.1 Å². The lowest BCUT2D eigenvalue weighted by atomic mass is 10.0. The molecule has 1 aromatic rings. The van der Waals surface area contributed by atoms with E-state index in [1.807, 2.05) is 0 Å². The van der Waals surface area contributed by atoms with Crippen molar-refractivity contribution < 1.29 is 9.47 Å². The predicted octanol–water partition coefficient (Wildman–Crippen LogP) is 2.14. The van der Waals surface area contributed by atoms with Crippen molar-refractivity contribution in [2.75, 3.05) is 13.2 Å². The van der Waals surface area contributed by atoms with Crippen molar-refractivity contribution in [3.05, 3.63) is 34.9 Å². The molecule has 0 amide bonds. The van der Waals surface area contributed by atoms with Crippen molar-refractivity contribution in [2.45, 2.75) is 32.6 Å². The number of fused-ring (bicyclic) bond motifs is 1. The molecule has 0 aliphatic carbocycles. The van der Waals surface area contributed by atoms with Crippen LogP contribution in [0.25, 0.3) is 0 Å². The minimum atomic E-state index is -0.0301. The lowest BCUT2D eigenvalue weighted by Crippen LogP contribution is -2.17. The van der Waals surface area contributed by atoms with Gasteiger partial charge < -0.3 is 15.2 Å². The predicted molar refractivity (Wildman–Crippen MR) is 63.0 cm³/mol. The fraction of sp³-hybridized carbons (Fsp3) is 0.538. The van der Waals surface area contributed by atoms with Crippen LogP contribution in [0.3, 0.4) is 0 Å². The van der Waals surface area contributed by atoms with Crippen LogP contribution in [-0.4, -0.2) is 13.2 Å². The van der Waals surface area contributed by atoms with Gasteiger partial charge in [-0.15, -0.1) is 0 Å². The molecule has 0 spiro atoms. The summed E-state index contributed by atoms with van der Waals surface area (Å²) in [6, 6.07) is 6.30. The molecule has 2 N–H and O–H groups in total. The minimum absolute atomic E-state index is 0.0301. The Kier molecular flexibility index (Phi) is 3.93. The molecule has 0 bridgehead atoms. The first kappa shape index (κ1) is 11.6. The molecule has 1 atom stereocenters. The van der Waals surface area contributed by atoms with Gasteiger partial charge in [0.1, 0.15) is 0 Å². The maximum absolute atomic E-state index is 6.06. The Morgan fingerprint density at radius 3 is 3.00 bits per heavy atom. The van der Waals surface area contributed by atoms with Crippen LogP contribution in [0.2, 0.25) is 0 Å². The maximum atomic E-state index is 6.06. The molecule has 0 fully saturated rings. The average Bonchev–Trinajstić information content (AvgIpc) is 2.76. The molecule has 3 nitrogen and oxygen atoms in total. The molecule has 1 heterocycles. The summed E-state index contributed by atoms with van der Waals surface area (Å²) in [5, 5.41) is 0. The smallest absolute Gasteiger partial charge is 0.0725 e. The molecule has 1 aromatic carbocycles. The largest absolute Gasteiger partial charge is 0.379 e. The van der Waals surface area contributed by atoms with Gasteiger partial charge in [-0.25, -0.2) is 0 Å². The highest BCUT2D eigenvalue weighted by atomic mass is 16.5. The van der Waals surface area contributed by atoms with Crippen LogP contribution in [0.5, 0.6) is 0 Å². The van der Waals surface area contributed by atoms with Gasteiger partial charge in [0.2, 0.25) is 0 Å². The maximum Gasteiger partial charge on any atom is 0.0725 e. The summed E-state index contributed by atoms with van der Waals surface area (Å²) in [7, 11) is 0. The number of benzene rings is 1. The molecule has 0 saturated heterocycles. The standard InChI is InChI=1S/C13H19NO2/c1-2-5-15-9-13(14)10-3-4-11-7-16-8-12(11)6-10/h3-4,6,13H,2,5,7-9,14H2,1H3. The summed E-state index contributed by atoms with van der Waals surface area (Å²) in [5.74, 6) is 0. The van der Waals surface area contributed by atoms with E-state index in [1.54, 1.807) is 0 Å². The first-order chi connectivity index (χ1) is 7.81. The van der Waals surface area contributed by atoms with Gasteiger partial charge in [0.15, 0.2) is 0 Å². The third-order valence-electron chi connectivity index (χ3n) is 2.82. The van der Waals surface area contributed by atoms with E-state index in [-0.39, 0.29) is 6.04 Å². The summed E-state index contributed by atoms with van der Waals surface area (Å²) in [6.45, 7) is 4.91. The SMILES string of the molecule is CCCOCC(N)c1ccc2c(c1)COC2. The third-order valence-corrected chi connectivity index (χ3v) is 2.82. The lowest BCUT2D eigenvalue weighted by molar-refractivity contribution is 0.121. The number of rotatable bonds is 5. The molecule has 0 radical (unpaired) electrons. The van der Waals surface area contributed by atoms with Gasteiger partial charge in [-0.1, -0.05) is 25.1 Å². The Hall–Kier alpha value is -0.900. The second-order valence-electron chi connectivity index (χ2n) is 4.20. The highest BCUT2D eigenvalue weighted by molar-refractivity contribution is 5.34. The van der Waals surface area contributed by atoms with Crippen LogP contribution in [0, 0.1) is 0 Å². The Balaban J connectivity index is 1.98. The van der Waals surface area contributed by atoms with Crippen LogP contribution < -0.4 is 5.73 Å². The number of nitrogens with two attached hydrogens (primary N) is 1. The fourth-order valence-electron chi connectivity index (χ4n) is 1.87. The van der Waals surface area contributed by atoms with Crippen LogP contribution in [0.15, 0.2) is 18.2 Å². The number of hydrogen-bond donors (Lipinski definition) is 1. The topological polar surface area (TPSA) is 44.5 Å². The van der Waals surface area contributed by atoms with Crippen molar-refractivity contribution in [3.63, 3.8) is 0 Å². The van der Waals surface area contributed by atoms with Gasteiger partial charge in [0.05, 0.1) is 25.9 Å². The van der Waals surface area contributed by atoms with E-state index < -0.39 is 0 Å². The monoisotopic (exact) mass is 221 g/mol. The van der Waals surface area contributed by atoms with Gasteiger partial charge in [-0.05, 0) is 23.1 Å². The molecule has 88 valence electrons. The Morgan fingerprint density at radius 1 is 1.38 bits per heavy atom. The van der Waals surface area contributed by atoms with Gasteiger partial charge in [0, 0.05) is 6.61 Å². The molecule has 1 unspecified atom stereocenters. The summed E-state index contributed by atoms with van der Waals surface area (Å²) in [6.07, 6.45) is 1.03. The Labute approximate surface area is 96.5 Å². The van der Waals surface area contributed by atoms with Crippen molar-refractivity contribution in [3.8, 4) is 0 Å². The molecular formula is C13H19NO2. The second kappa shape index (κ2) is 5.43. The van der Waals surface area contributed by atoms with E-state index in [9.17, 15) is 0 Å². The van der Waals surface area contributed by atoms with Crippen molar-refractivity contribution in [1.29, 1.82) is 0 Å². The molecule has 16 heavy (non-hydrogen) atoms. The van der Waals surface area contributed by atoms with E-state index in [0.29, 0.717) is 13.2 Å². The summed E-state index contributed by atoms with van der Waals surface area (Å²) in [5.41, 5.74) is 9.75. The molecule has 2 rings (SSSR count). The molecule has 1 aliphatic rings. The minimum Gasteiger partial charge on any atom is -0.379 e. The molecule has 1 aliphatic heterocycles. The van der Waals surface area contributed by atoms with E-state index >= 15 is 0 Å². The molecule has 0 saturated carbocycles. The molecule has 0 aromatic heterocycles. The van der Waals surface area contributed by atoms with Gasteiger partial charge in [0.25, 0.3) is 0 Å². The van der Waals surface area contributed by atoms with Gasteiger partial charge in [-0.3, -0.25) is 0 Å². The highest BCUT2D eigenvalue weighted by Gasteiger charge is 2.13. The van der Waals surface area contributed by atoms with Crippen LogP contribution in [-0.2, 0) is 22.7 Å². The van der Waals surface area contributed by atoms with E-state index in [0.717, 1.165) is 25.2 Å². The van der Waals surface area contributed by atoms with Crippen molar-refractivity contribution in [2.24, 2.45) is 5.73 Å². The van der Waals surface area contributed by atoms with Crippen LogP contribution >= 0.6 is 0 Å². The van der Waals surface area contributed by atoms with Crippen LogP contribution in [0.1, 0.15) is 36.1 Å². The molecular weight excluding hydrogens is 202 g/mol. The summed E-state index contributed by atoms with van der Waals surface area (Å²) >= 11 is 0. The van der Waals surface area contributed by atoms with E-state index in [4.69, 9.17) is 15.2 Å². The number of ether oxygens (including phenoxy) is 2. The van der Waals surface area contributed by atoms with Gasteiger partial charge >= 0.3 is 0 Å². The fourth-order valence-corrected chi connectivity index (χ4v) is 1.87. The first-order valence-electron chi connectivity index (χ1n) is 5.84. The van der Waals surface area contributed by atoms with Crippen molar-refractivity contribution >= 4 is 0 Å². The first-order valence-corrected chi connectivity index (χ1v) is 5.84. The zero-order chi connectivity index (χ0) is 11.4. The number of hydrogen-bond acceptors (Lipinski definition) is 3. The highest BCUT2D eigenvalue weighted by Crippen LogP contribution is 2.23. The van der Waals surface area contributed by atoms with Crippen LogP contribution in [0.4, 0.5) is 0 Å². The zero-order valence-corrected chi connectivity index (χ0v) is 9.74. The third kappa shape index (κ3) is 2.61. The Morgan fingerprint density at radius 2 is 2.19 bits per heavy atom. The lowest BCUT2D eigenvalue weighted by Gasteiger charge is -2.13. The second-order valence-corrected chi connectivity index (χ2v) is 4.20. The van der Waals surface area contributed by atoms with E-state index in [2.05, 4.69) is 25.1 Å². The van der Waals surface area contributed by atoms with Crippen molar-refractivity contribution in [1.82, 2.24) is 0 Å². The van der Waals surface area contributed by atoms with Gasteiger partial charge in [-0.2, -0.15) is 0 Å². The Bertz CT molecular complexity index is 352. The summed E-state index contributed by atoms with van der Waals surface area (Å²) < 4.78 is 10.8. The zero-order valence-electron chi connectivity index (χ0n) is 9.74. The quantitative estimate of drug-likeness (QED) is 0.775. The molecule has 3 heteroatoms.